The highest BCUT2D eigenvalue weighted by atomic mass is 16.5. The van der Waals surface area contributed by atoms with Gasteiger partial charge in [-0.05, 0) is 51.3 Å². The molecule has 3 nitrogen and oxygen atoms in total. The molecule has 0 N–H and O–H groups in total. The fourth-order valence-corrected chi connectivity index (χ4v) is 5.24. The summed E-state index contributed by atoms with van der Waals surface area (Å²) >= 11 is 0. The van der Waals surface area contributed by atoms with E-state index >= 15 is 0 Å². The number of likely N-dealkylation sites (tertiary alicyclic amines) is 1. The zero-order chi connectivity index (χ0) is 19.6. The number of piperidine rings is 1. The molecule has 3 rings (SSSR count). The van der Waals surface area contributed by atoms with Gasteiger partial charge in [0.15, 0.2) is 0 Å². The Morgan fingerprint density at radius 1 is 0.857 bits per heavy atom. The summed E-state index contributed by atoms with van der Waals surface area (Å²) in [6.07, 6.45) is 14.2. The van der Waals surface area contributed by atoms with Crippen LogP contribution < -0.4 is 4.74 Å². The minimum absolute atomic E-state index is 0.274. The standard InChI is InChI=1S/C25H41NO2/c1-3-27-24-17-13-12-16-22(24)23-18-19-26(20-25(23)28-4-2)21-14-10-8-6-5-7-9-11-15-21/h12-13,16-17,21,23,25H,3-11,14-15,18-20H2,1-2H3. The number of rotatable bonds is 6. The first-order valence-electron chi connectivity index (χ1n) is 11.9. The van der Waals surface area contributed by atoms with Gasteiger partial charge in [0.05, 0.1) is 12.7 Å². The van der Waals surface area contributed by atoms with Gasteiger partial charge in [-0.25, -0.2) is 0 Å². The van der Waals surface area contributed by atoms with Gasteiger partial charge in [0, 0.05) is 25.1 Å². The quantitative estimate of drug-likeness (QED) is 0.582. The zero-order valence-electron chi connectivity index (χ0n) is 18.2. The van der Waals surface area contributed by atoms with Crippen LogP contribution in [0.3, 0.4) is 0 Å². The Bertz CT molecular complexity index is 551. The average molecular weight is 388 g/mol. The Hall–Kier alpha value is -1.06. The monoisotopic (exact) mass is 387 g/mol. The summed E-state index contributed by atoms with van der Waals surface area (Å²) in [5.74, 6) is 1.49. The molecule has 1 saturated heterocycles. The Labute approximate surface area is 172 Å². The van der Waals surface area contributed by atoms with Crippen LogP contribution in [0.15, 0.2) is 24.3 Å². The minimum atomic E-state index is 0.274. The molecule has 2 aliphatic rings. The molecule has 0 spiro atoms. The van der Waals surface area contributed by atoms with E-state index in [1.54, 1.807) is 0 Å². The van der Waals surface area contributed by atoms with Crippen LogP contribution in [0.25, 0.3) is 0 Å². The molecule has 0 bridgehead atoms. The van der Waals surface area contributed by atoms with Gasteiger partial charge >= 0.3 is 0 Å². The minimum Gasteiger partial charge on any atom is -0.494 e. The van der Waals surface area contributed by atoms with E-state index in [0.29, 0.717) is 5.92 Å². The first-order chi connectivity index (χ1) is 13.8. The molecule has 1 aromatic rings. The van der Waals surface area contributed by atoms with Gasteiger partial charge in [0.2, 0.25) is 0 Å². The number of ether oxygens (including phenoxy) is 2. The lowest BCUT2D eigenvalue weighted by Gasteiger charge is -2.43. The number of hydrogen-bond acceptors (Lipinski definition) is 3. The van der Waals surface area contributed by atoms with Crippen LogP contribution in [0.5, 0.6) is 5.75 Å². The highest BCUT2D eigenvalue weighted by Crippen LogP contribution is 2.37. The predicted octanol–water partition coefficient (Wildman–Crippen LogP) is 6.17. The second kappa shape index (κ2) is 11.8. The number of benzene rings is 1. The fourth-order valence-electron chi connectivity index (χ4n) is 5.24. The molecule has 1 aromatic carbocycles. The van der Waals surface area contributed by atoms with Gasteiger partial charge in [0.1, 0.15) is 5.75 Å². The molecule has 28 heavy (non-hydrogen) atoms. The maximum Gasteiger partial charge on any atom is 0.122 e. The van der Waals surface area contributed by atoms with Crippen LogP contribution in [0.4, 0.5) is 0 Å². The third-order valence-corrected chi connectivity index (χ3v) is 6.68. The summed E-state index contributed by atoms with van der Waals surface area (Å²) in [6, 6.07) is 9.36. The Kier molecular flexibility index (Phi) is 9.14. The van der Waals surface area contributed by atoms with Crippen molar-refractivity contribution >= 4 is 0 Å². The van der Waals surface area contributed by atoms with Crippen LogP contribution in [0, 0.1) is 0 Å². The van der Waals surface area contributed by atoms with Gasteiger partial charge in [-0.3, -0.25) is 4.90 Å². The zero-order valence-corrected chi connectivity index (χ0v) is 18.2. The topological polar surface area (TPSA) is 21.7 Å². The summed E-state index contributed by atoms with van der Waals surface area (Å²) in [5.41, 5.74) is 1.34. The van der Waals surface area contributed by atoms with Crippen molar-refractivity contribution in [1.82, 2.24) is 4.90 Å². The highest BCUT2D eigenvalue weighted by Gasteiger charge is 2.35. The van der Waals surface area contributed by atoms with Gasteiger partial charge in [0.25, 0.3) is 0 Å². The first-order valence-corrected chi connectivity index (χ1v) is 11.9. The average Bonchev–Trinajstić information content (AvgIpc) is 2.73. The summed E-state index contributed by atoms with van der Waals surface area (Å²) in [4.78, 5) is 2.77. The van der Waals surface area contributed by atoms with Crippen LogP contribution in [0.2, 0.25) is 0 Å². The van der Waals surface area contributed by atoms with E-state index in [1.165, 1.54) is 76.3 Å². The Balaban J connectivity index is 1.69. The lowest BCUT2D eigenvalue weighted by molar-refractivity contribution is -0.0250. The van der Waals surface area contributed by atoms with Crippen LogP contribution >= 0.6 is 0 Å². The smallest absolute Gasteiger partial charge is 0.122 e. The second-order valence-electron chi connectivity index (χ2n) is 8.56. The molecule has 1 heterocycles. The third kappa shape index (κ3) is 5.97. The van der Waals surface area contributed by atoms with Crippen molar-refractivity contribution in [3.05, 3.63) is 29.8 Å². The second-order valence-corrected chi connectivity index (χ2v) is 8.56. The summed E-state index contributed by atoms with van der Waals surface area (Å²) in [5, 5.41) is 0. The van der Waals surface area contributed by atoms with Gasteiger partial charge < -0.3 is 9.47 Å². The fraction of sp³-hybridized carbons (Fsp3) is 0.760. The number of para-hydroxylation sites is 1. The molecule has 0 radical (unpaired) electrons. The van der Waals surface area contributed by atoms with Crippen molar-refractivity contribution in [2.45, 2.75) is 96.1 Å². The molecule has 0 amide bonds. The first kappa shape index (κ1) is 21.6. The van der Waals surface area contributed by atoms with Gasteiger partial charge in [-0.2, -0.15) is 0 Å². The van der Waals surface area contributed by atoms with E-state index < -0.39 is 0 Å². The molecule has 2 fully saturated rings. The molecular formula is C25H41NO2. The molecule has 1 aliphatic carbocycles. The number of hydrogen-bond donors (Lipinski definition) is 0. The van der Waals surface area contributed by atoms with Crippen molar-refractivity contribution in [3.8, 4) is 5.75 Å². The SMILES string of the molecule is CCOc1ccccc1C1CCN(C2CCCCCCCCC2)CC1OCC. The molecule has 158 valence electrons. The van der Waals surface area contributed by atoms with Crippen molar-refractivity contribution in [2.75, 3.05) is 26.3 Å². The largest absolute Gasteiger partial charge is 0.494 e. The Morgan fingerprint density at radius 3 is 2.21 bits per heavy atom. The number of nitrogens with zero attached hydrogens (tertiary/aromatic N) is 1. The van der Waals surface area contributed by atoms with E-state index in [0.717, 1.165) is 31.5 Å². The van der Waals surface area contributed by atoms with Crippen LogP contribution in [0.1, 0.15) is 89.5 Å². The van der Waals surface area contributed by atoms with Crippen LogP contribution in [-0.2, 0) is 4.74 Å². The van der Waals surface area contributed by atoms with E-state index in [4.69, 9.17) is 9.47 Å². The van der Waals surface area contributed by atoms with E-state index in [2.05, 4.69) is 43.0 Å². The summed E-state index contributed by atoms with van der Waals surface area (Å²) < 4.78 is 12.3. The lowest BCUT2D eigenvalue weighted by Crippen LogP contribution is -2.48. The van der Waals surface area contributed by atoms with Crippen molar-refractivity contribution in [1.29, 1.82) is 0 Å². The van der Waals surface area contributed by atoms with Gasteiger partial charge in [-0.15, -0.1) is 0 Å². The highest BCUT2D eigenvalue weighted by molar-refractivity contribution is 5.37. The van der Waals surface area contributed by atoms with E-state index in [-0.39, 0.29) is 6.10 Å². The van der Waals surface area contributed by atoms with Crippen molar-refractivity contribution in [3.63, 3.8) is 0 Å². The molecule has 0 aromatic heterocycles. The maximum absolute atomic E-state index is 6.31. The van der Waals surface area contributed by atoms with Crippen LogP contribution in [-0.4, -0.2) is 43.3 Å². The molecular weight excluding hydrogens is 346 g/mol. The summed E-state index contributed by atoms with van der Waals surface area (Å²) in [6.45, 7) is 7.98. The molecule has 3 heteroatoms. The Morgan fingerprint density at radius 2 is 1.54 bits per heavy atom. The van der Waals surface area contributed by atoms with Crippen molar-refractivity contribution < 1.29 is 9.47 Å². The van der Waals surface area contributed by atoms with Gasteiger partial charge in [-0.1, -0.05) is 63.1 Å². The van der Waals surface area contributed by atoms with Crippen molar-refractivity contribution in [2.24, 2.45) is 0 Å². The predicted molar refractivity (Wildman–Crippen MR) is 117 cm³/mol. The lowest BCUT2D eigenvalue weighted by atomic mass is 9.84. The molecule has 1 aliphatic heterocycles. The molecule has 1 saturated carbocycles. The van der Waals surface area contributed by atoms with E-state index in [9.17, 15) is 0 Å². The molecule has 2 unspecified atom stereocenters. The van der Waals surface area contributed by atoms with E-state index in [1.807, 2.05) is 0 Å². The summed E-state index contributed by atoms with van der Waals surface area (Å²) in [7, 11) is 0. The normalized spacial score (nSPS) is 26.1. The molecule has 2 atom stereocenters. The third-order valence-electron chi connectivity index (χ3n) is 6.68. The maximum atomic E-state index is 6.31.